The van der Waals surface area contributed by atoms with E-state index in [4.69, 9.17) is 19.8 Å². The average molecular weight is 266 g/mol. The van der Waals surface area contributed by atoms with E-state index in [1.807, 2.05) is 40.7 Å². The Morgan fingerprint density at radius 1 is 1.26 bits per heavy atom. The topological polar surface area (TPSA) is 66.1 Å². The van der Waals surface area contributed by atoms with Gasteiger partial charge in [-0.3, -0.25) is 0 Å². The van der Waals surface area contributed by atoms with Gasteiger partial charge in [-0.1, -0.05) is 12.2 Å². The average Bonchev–Trinajstić information content (AvgIpc) is 2.50. The zero-order chi connectivity index (χ0) is 14.5. The molecule has 0 bridgehead atoms. The summed E-state index contributed by atoms with van der Waals surface area (Å²) >= 11 is 0. The van der Waals surface area contributed by atoms with Gasteiger partial charge in [0.15, 0.2) is 0 Å². The first-order chi connectivity index (χ1) is 8.78. The Kier molecular flexibility index (Phi) is 5.20. The van der Waals surface area contributed by atoms with E-state index < -0.39 is 0 Å². The molecule has 0 unspecified atom stereocenters. The minimum Gasteiger partial charge on any atom is -0.434 e. The van der Waals surface area contributed by atoms with Gasteiger partial charge >= 0.3 is 7.12 Å². The van der Waals surface area contributed by atoms with Gasteiger partial charge < -0.3 is 19.8 Å². The van der Waals surface area contributed by atoms with E-state index in [0.29, 0.717) is 6.32 Å². The maximum absolute atomic E-state index is 5.84. The van der Waals surface area contributed by atoms with Crippen molar-refractivity contribution in [2.45, 2.75) is 52.1 Å². The third kappa shape index (κ3) is 4.40. The molecule has 0 aliphatic carbocycles. The molecule has 5 nitrogen and oxygen atoms in total. The van der Waals surface area contributed by atoms with Crippen molar-refractivity contribution in [1.29, 1.82) is 0 Å². The maximum Gasteiger partial charge on any atom is 0.461 e. The van der Waals surface area contributed by atoms with Crippen molar-refractivity contribution in [2.24, 2.45) is 10.7 Å². The molecule has 0 spiro atoms. The molecule has 0 radical (unpaired) electrons. The molecule has 1 fully saturated rings. The smallest absolute Gasteiger partial charge is 0.434 e. The first-order valence-corrected chi connectivity index (χ1v) is 6.40. The summed E-state index contributed by atoms with van der Waals surface area (Å²) in [7, 11) is -0.255. The van der Waals surface area contributed by atoms with Crippen LogP contribution in [0.4, 0.5) is 0 Å². The molecule has 1 heterocycles. The summed E-state index contributed by atoms with van der Waals surface area (Å²) in [6.07, 6.45) is 7.25. The predicted octanol–water partition coefficient (Wildman–Crippen LogP) is 2.46. The summed E-state index contributed by atoms with van der Waals surface area (Å²) in [6.45, 7) is 9.94. The van der Waals surface area contributed by atoms with Crippen LogP contribution in [-0.4, -0.2) is 24.3 Å². The molecule has 1 aliphatic rings. The van der Waals surface area contributed by atoms with Crippen LogP contribution >= 0.6 is 0 Å². The standard InChI is InChI=1S/C13H23BN2O3/c1-6-10-17-11(15)16-9-7-8-14-18-12(2,3)13(4,5)19-14/h6-7,9-10H,8H2,1-5H3,(H2,15,16)/b9-7+,10-6+. The van der Waals surface area contributed by atoms with E-state index in [0.717, 1.165) is 0 Å². The van der Waals surface area contributed by atoms with Crippen LogP contribution in [0, 0.1) is 0 Å². The van der Waals surface area contributed by atoms with E-state index >= 15 is 0 Å². The van der Waals surface area contributed by atoms with Crippen molar-refractivity contribution in [1.82, 2.24) is 0 Å². The van der Waals surface area contributed by atoms with Gasteiger partial charge in [0.25, 0.3) is 6.02 Å². The number of nitrogens with two attached hydrogens (primary N) is 1. The first-order valence-electron chi connectivity index (χ1n) is 6.40. The first kappa shape index (κ1) is 15.8. The van der Waals surface area contributed by atoms with Crippen LogP contribution in [0.3, 0.4) is 0 Å². The Bertz CT molecular complexity index is 373. The number of rotatable bonds is 4. The maximum atomic E-state index is 5.84. The lowest BCUT2D eigenvalue weighted by Crippen LogP contribution is -2.41. The number of nitrogens with zero attached hydrogens (tertiary/aromatic N) is 1. The largest absolute Gasteiger partial charge is 0.461 e. The van der Waals surface area contributed by atoms with Crippen molar-refractivity contribution in [3.63, 3.8) is 0 Å². The summed E-state index contributed by atoms with van der Waals surface area (Å²) < 4.78 is 16.6. The van der Waals surface area contributed by atoms with Crippen molar-refractivity contribution in [3.05, 3.63) is 24.6 Å². The molecule has 106 valence electrons. The van der Waals surface area contributed by atoms with Crippen molar-refractivity contribution >= 4 is 13.1 Å². The summed E-state index contributed by atoms with van der Waals surface area (Å²) in [4.78, 5) is 3.92. The van der Waals surface area contributed by atoms with Gasteiger partial charge in [0.05, 0.1) is 17.5 Å². The Labute approximate surface area is 115 Å². The second-order valence-corrected chi connectivity index (χ2v) is 5.36. The zero-order valence-electron chi connectivity index (χ0n) is 12.3. The Morgan fingerprint density at radius 3 is 2.37 bits per heavy atom. The fraction of sp³-hybridized carbons (Fsp3) is 0.615. The Hall–Kier alpha value is -1.27. The molecular weight excluding hydrogens is 243 g/mol. The Balaban J connectivity index is 2.43. The molecule has 0 saturated carbocycles. The lowest BCUT2D eigenvalue weighted by molar-refractivity contribution is 0.00578. The number of hydrogen-bond donors (Lipinski definition) is 1. The lowest BCUT2D eigenvalue weighted by Gasteiger charge is -2.32. The quantitative estimate of drug-likeness (QED) is 0.367. The summed E-state index contributed by atoms with van der Waals surface area (Å²) in [5.41, 5.74) is 4.90. The molecule has 1 saturated heterocycles. The van der Waals surface area contributed by atoms with E-state index in [1.165, 1.54) is 6.26 Å². The molecule has 1 aliphatic heterocycles. The van der Waals surface area contributed by atoms with Crippen molar-refractivity contribution in [2.75, 3.05) is 0 Å². The van der Waals surface area contributed by atoms with Crippen molar-refractivity contribution in [3.8, 4) is 0 Å². The molecule has 2 N–H and O–H groups in total. The van der Waals surface area contributed by atoms with Gasteiger partial charge in [-0.2, -0.15) is 0 Å². The van der Waals surface area contributed by atoms with Crippen molar-refractivity contribution < 1.29 is 14.0 Å². The molecule has 6 heteroatoms. The third-order valence-electron chi connectivity index (χ3n) is 3.26. The van der Waals surface area contributed by atoms with Crippen LogP contribution in [-0.2, 0) is 14.0 Å². The van der Waals surface area contributed by atoms with Gasteiger partial charge in [0.2, 0.25) is 0 Å². The summed E-state index contributed by atoms with van der Waals surface area (Å²) in [6, 6.07) is 0.100. The molecule has 0 aromatic heterocycles. The minimum atomic E-state index is -0.303. The number of allylic oxidation sites excluding steroid dienone is 2. The normalized spacial score (nSPS) is 22.6. The van der Waals surface area contributed by atoms with Gasteiger partial charge in [-0.15, -0.1) is 0 Å². The fourth-order valence-electron chi connectivity index (χ4n) is 1.53. The SMILES string of the molecule is C/C=C/OC(N)=N/C=C/CB1OC(C)(C)C(C)(C)O1. The lowest BCUT2D eigenvalue weighted by atomic mass is 9.85. The molecular formula is C13H23BN2O3. The predicted molar refractivity (Wildman–Crippen MR) is 77.6 cm³/mol. The molecule has 0 amide bonds. The Morgan fingerprint density at radius 2 is 1.84 bits per heavy atom. The second-order valence-electron chi connectivity index (χ2n) is 5.36. The van der Waals surface area contributed by atoms with Gasteiger partial charge in [0, 0.05) is 12.5 Å². The van der Waals surface area contributed by atoms with Crippen LogP contribution in [0.1, 0.15) is 34.6 Å². The summed E-state index contributed by atoms with van der Waals surface area (Å²) in [5, 5.41) is 0. The van der Waals surface area contributed by atoms with Crippen LogP contribution in [0.15, 0.2) is 29.6 Å². The van der Waals surface area contributed by atoms with Gasteiger partial charge in [0.1, 0.15) is 0 Å². The van der Waals surface area contributed by atoms with Crippen LogP contribution in [0.5, 0.6) is 0 Å². The van der Waals surface area contributed by atoms with Crippen LogP contribution in [0.25, 0.3) is 0 Å². The number of hydrogen-bond acceptors (Lipinski definition) is 4. The zero-order valence-corrected chi connectivity index (χ0v) is 12.3. The van der Waals surface area contributed by atoms with E-state index in [9.17, 15) is 0 Å². The molecule has 0 atom stereocenters. The van der Waals surface area contributed by atoms with Gasteiger partial charge in [-0.05, 0) is 34.6 Å². The highest BCUT2D eigenvalue weighted by Gasteiger charge is 2.50. The molecule has 1 rings (SSSR count). The minimum absolute atomic E-state index is 0.100. The van der Waals surface area contributed by atoms with Gasteiger partial charge in [-0.25, -0.2) is 4.99 Å². The fourth-order valence-corrected chi connectivity index (χ4v) is 1.53. The molecule has 0 aromatic carbocycles. The third-order valence-corrected chi connectivity index (χ3v) is 3.26. The van der Waals surface area contributed by atoms with Crippen LogP contribution < -0.4 is 5.73 Å². The van der Waals surface area contributed by atoms with Crippen LogP contribution in [0.2, 0.25) is 6.32 Å². The molecule has 0 aromatic rings. The highest BCUT2D eigenvalue weighted by molar-refractivity contribution is 6.46. The van der Waals surface area contributed by atoms with E-state index in [-0.39, 0.29) is 24.3 Å². The monoisotopic (exact) mass is 266 g/mol. The second kappa shape index (κ2) is 6.26. The highest BCUT2D eigenvalue weighted by Crippen LogP contribution is 2.37. The summed E-state index contributed by atoms with van der Waals surface area (Å²) in [5.74, 6) is 0. The van der Waals surface area contributed by atoms with E-state index in [2.05, 4.69) is 4.99 Å². The number of aliphatic imine (C=N–C) groups is 1. The van der Waals surface area contributed by atoms with E-state index in [1.54, 1.807) is 12.3 Å². The number of ether oxygens (including phenoxy) is 1. The number of amidine groups is 1. The molecule has 19 heavy (non-hydrogen) atoms. The highest BCUT2D eigenvalue weighted by atomic mass is 16.7.